The van der Waals surface area contributed by atoms with E-state index in [1.165, 1.54) is 12.1 Å². The lowest BCUT2D eigenvalue weighted by atomic mass is 10.2. The fraction of sp³-hybridized carbons (Fsp3) is 0.412. The number of aryl methyl sites for hydroxylation is 1. The van der Waals surface area contributed by atoms with Gasteiger partial charge in [-0.2, -0.15) is 0 Å². The largest absolute Gasteiger partial charge is 0.347 e. The smallest absolute Gasteiger partial charge is 0.125 e. The van der Waals surface area contributed by atoms with E-state index in [0.717, 1.165) is 55.2 Å². The lowest BCUT2D eigenvalue weighted by molar-refractivity contribution is 0.232. The summed E-state index contributed by atoms with van der Waals surface area (Å²) in [5, 5.41) is 0. The van der Waals surface area contributed by atoms with Gasteiger partial charge in [-0.05, 0) is 38.4 Å². The number of fused-ring (bicyclic) bond motifs is 1. The molecule has 6 heteroatoms. The Morgan fingerprint density at radius 1 is 1.39 bits per heavy atom. The van der Waals surface area contributed by atoms with Gasteiger partial charge in [-0.1, -0.05) is 0 Å². The second-order valence-corrected chi connectivity index (χ2v) is 6.01. The zero-order valence-corrected chi connectivity index (χ0v) is 13.2. The molecule has 1 atom stereocenters. The predicted octanol–water partition coefficient (Wildman–Crippen LogP) is 3.26. The molecule has 3 aromatic rings. The number of rotatable bonds is 4. The van der Waals surface area contributed by atoms with Crippen LogP contribution in [0.4, 0.5) is 4.39 Å². The van der Waals surface area contributed by atoms with Gasteiger partial charge in [-0.25, -0.2) is 14.4 Å². The van der Waals surface area contributed by atoms with E-state index in [1.807, 2.05) is 12.3 Å². The number of hydrogen-bond donors (Lipinski definition) is 1. The van der Waals surface area contributed by atoms with Gasteiger partial charge in [-0.15, -0.1) is 0 Å². The fourth-order valence-corrected chi connectivity index (χ4v) is 3.59. The maximum Gasteiger partial charge on any atom is 0.125 e. The highest BCUT2D eigenvalue weighted by molar-refractivity contribution is 5.76. The van der Waals surface area contributed by atoms with Crippen LogP contribution < -0.4 is 0 Å². The van der Waals surface area contributed by atoms with E-state index in [2.05, 4.69) is 31.3 Å². The fourth-order valence-electron chi connectivity index (χ4n) is 3.59. The van der Waals surface area contributed by atoms with Crippen LogP contribution in [0.1, 0.15) is 37.5 Å². The monoisotopic (exact) mass is 313 g/mol. The van der Waals surface area contributed by atoms with Crippen molar-refractivity contribution < 1.29 is 4.39 Å². The molecule has 0 amide bonds. The second-order valence-electron chi connectivity index (χ2n) is 6.01. The summed E-state index contributed by atoms with van der Waals surface area (Å²) in [7, 11) is 0. The Kier molecular flexibility index (Phi) is 3.61. The van der Waals surface area contributed by atoms with E-state index < -0.39 is 0 Å². The highest BCUT2D eigenvalue weighted by atomic mass is 19.1. The van der Waals surface area contributed by atoms with Crippen LogP contribution >= 0.6 is 0 Å². The molecule has 1 N–H and O–H groups in total. The van der Waals surface area contributed by atoms with Gasteiger partial charge in [0.2, 0.25) is 0 Å². The van der Waals surface area contributed by atoms with E-state index in [-0.39, 0.29) is 5.82 Å². The van der Waals surface area contributed by atoms with Crippen molar-refractivity contribution in [3.05, 3.63) is 48.1 Å². The van der Waals surface area contributed by atoms with E-state index in [0.29, 0.717) is 6.04 Å². The van der Waals surface area contributed by atoms with Gasteiger partial charge < -0.3 is 9.55 Å². The minimum Gasteiger partial charge on any atom is -0.347 e. The average molecular weight is 313 g/mol. The van der Waals surface area contributed by atoms with Crippen LogP contribution in [0, 0.1) is 5.82 Å². The van der Waals surface area contributed by atoms with Gasteiger partial charge in [0.25, 0.3) is 0 Å². The first-order valence-electron chi connectivity index (χ1n) is 8.14. The molecule has 2 aromatic heterocycles. The zero-order chi connectivity index (χ0) is 15.8. The van der Waals surface area contributed by atoms with Gasteiger partial charge in [-0.3, -0.25) is 4.90 Å². The van der Waals surface area contributed by atoms with Crippen molar-refractivity contribution in [2.24, 2.45) is 0 Å². The summed E-state index contributed by atoms with van der Waals surface area (Å²) in [5.74, 6) is 1.78. The molecule has 5 nitrogen and oxygen atoms in total. The zero-order valence-electron chi connectivity index (χ0n) is 13.2. The highest BCUT2D eigenvalue weighted by Crippen LogP contribution is 2.31. The molecule has 0 aliphatic carbocycles. The number of imidazole rings is 2. The van der Waals surface area contributed by atoms with Crippen LogP contribution in [0.3, 0.4) is 0 Å². The second kappa shape index (κ2) is 5.77. The molecule has 120 valence electrons. The number of nitrogens with zero attached hydrogens (tertiary/aromatic N) is 4. The van der Waals surface area contributed by atoms with Gasteiger partial charge in [0.1, 0.15) is 17.5 Å². The van der Waals surface area contributed by atoms with Gasteiger partial charge in [0.15, 0.2) is 0 Å². The van der Waals surface area contributed by atoms with Crippen LogP contribution in [-0.2, 0) is 13.1 Å². The Morgan fingerprint density at radius 3 is 3.09 bits per heavy atom. The average Bonchev–Trinajstić information content (AvgIpc) is 3.25. The van der Waals surface area contributed by atoms with Gasteiger partial charge in [0, 0.05) is 25.0 Å². The van der Waals surface area contributed by atoms with E-state index >= 15 is 0 Å². The van der Waals surface area contributed by atoms with Crippen LogP contribution in [0.2, 0.25) is 0 Å². The first kappa shape index (κ1) is 14.4. The number of nitrogens with one attached hydrogen (secondary N) is 1. The summed E-state index contributed by atoms with van der Waals surface area (Å²) in [6.45, 7) is 4.72. The Labute approximate surface area is 134 Å². The molecule has 1 fully saturated rings. The van der Waals surface area contributed by atoms with Crippen molar-refractivity contribution in [2.45, 2.75) is 38.9 Å². The molecule has 0 radical (unpaired) electrons. The summed E-state index contributed by atoms with van der Waals surface area (Å²) in [5.41, 5.74) is 1.73. The highest BCUT2D eigenvalue weighted by Gasteiger charge is 2.29. The molecule has 1 aromatic carbocycles. The third-order valence-electron chi connectivity index (χ3n) is 4.65. The Balaban J connectivity index is 1.67. The molecule has 0 spiro atoms. The number of likely N-dealkylation sites (tertiary alicyclic amines) is 1. The number of H-pyrrole nitrogens is 1. The predicted molar refractivity (Wildman–Crippen MR) is 86.3 cm³/mol. The summed E-state index contributed by atoms with van der Waals surface area (Å²) >= 11 is 0. The Morgan fingerprint density at radius 2 is 2.30 bits per heavy atom. The SMILES string of the molecule is CCn1c(CN2CCCC2c2ncc[nH]2)nc2cc(F)ccc21. The van der Waals surface area contributed by atoms with Crippen molar-refractivity contribution in [1.82, 2.24) is 24.4 Å². The Bertz CT molecular complexity index is 808. The number of aromatic amines is 1. The van der Waals surface area contributed by atoms with E-state index in [9.17, 15) is 4.39 Å². The lowest BCUT2D eigenvalue weighted by Crippen LogP contribution is -2.25. The Hall–Kier alpha value is -2.21. The molecule has 4 rings (SSSR count). The minimum atomic E-state index is -0.237. The molecule has 1 unspecified atom stereocenters. The number of hydrogen-bond acceptors (Lipinski definition) is 3. The van der Waals surface area contributed by atoms with Crippen LogP contribution in [-0.4, -0.2) is 31.0 Å². The molecule has 1 saturated heterocycles. The molecular weight excluding hydrogens is 293 g/mol. The van der Waals surface area contributed by atoms with Gasteiger partial charge in [0.05, 0.1) is 23.6 Å². The number of benzene rings is 1. The van der Waals surface area contributed by atoms with Crippen molar-refractivity contribution in [1.29, 1.82) is 0 Å². The lowest BCUT2D eigenvalue weighted by Gasteiger charge is -2.22. The molecule has 3 heterocycles. The van der Waals surface area contributed by atoms with Crippen LogP contribution in [0.5, 0.6) is 0 Å². The van der Waals surface area contributed by atoms with Crippen molar-refractivity contribution in [3.63, 3.8) is 0 Å². The summed E-state index contributed by atoms with van der Waals surface area (Å²) in [6, 6.07) is 5.14. The third kappa shape index (κ3) is 2.53. The molecule has 0 bridgehead atoms. The van der Waals surface area contributed by atoms with Crippen LogP contribution in [0.25, 0.3) is 11.0 Å². The number of halogens is 1. The normalized spacial score (nSPS) is 19.0. The van der Waals surface area contributed by atoms with Crippen molar-refractivity contribution >= 4 is 11.0 Å². The van der Waals surface area contributed by atoms with Gasteiger partial charge >= 0.3 is 0 Å². The minimum absolute atomic E-state index is 0.237. The third-order valence-corrected chi connectivity index (χ3v) is 4.65. The molecule has 23 heavy (non-hydrogen) atoms. The first-order chi connectivity index (χ1) is 11.3. The standard InChI is InChI=1S/C17H20FN5/c1-2-23-14-6-5-12(18)10-13(14)21-16(23)11-22-9-3-4-15(22)17-19-7-8-20-17/h5-8,10,15H,2-4,9,11H2,1H3,(H,19,20). The van der Waals surface area contributed by atoms with Crippen LogP contribution in [0.15, 0.2) is 30.6 Å². The van der Waals surface area contributed by atoms with E-state index in [1.54, 1.807) is 6.20 Å². The maximum absolute atomic E-state index is 13.5. The van der Waals surface area contributed by atoms with Crippen molar-refractivity contribution in [2.75, 3.05) is 6.54 Å². The molecular formula is C17H20FN5. The maximum atomic E-state index is 13.5. The molecule has 0 saturated carbocycles. The van der Waals surface area contributed by atoms with E-state index in [4.69, 9.17) is 0 Å². The topological polar surface area (TPSA) is 49.7 Å². The summed E-state index contributed by atoms with van der Waals surface area (Å²) in [4.78, 5) is 14.7. The molecule has 1 aliphatic rings. The number of aromatic nitrogens is 4. The first-order valence-corrected chi connectivity index (χ1v) is 8.14. The molecule has 1 aliphatic heterocycles. The van der Waals surface area contributed by atoms with Crippen molar-refractivity contribution in [3.8, 4) is 0 Å². The quantitative estimate of drug-likeness (QED) is 0.804. The summed E-state index contributed by atoms with van der Waals surface area (Å²) in [6.07, 6.45) is 5.94. The summed E-state index contributed by atoms with van der Waals surface area (Å²) < 4.78 is 15.6.